The number of nitro benzene ring substituents is 1. The van der Waals surface area contributed by atoms with Gasteiger partial charge in [0.05, 0.1) is 11.0 Å². The van der Waals surface area contributed by atoms with E-state index in [9.17, 15) is 15.2 Å². The molecule has 0 saturated carbocycles. The van der Waals surface area contributed by atoms with Crippen molar-refractivity contribution in [3.8, 4) is 0 Å². The largest absolute Gasteiger partial charge is 0.387 e. The molecular formula is C12H11N7O3. The van der Waals surface area contributed by atoms with Crippen LogP contribution in [-0.2, 0) is 0 Å². The van der Waals surface area contributed by atoms with Crippen molar-refractivity contribution in [2.45, 2.75) is 6.10 Å². The maximum absolute atomic E-state index is 10.6. The number of hydrogen-bond acceptors (Lipinski definition) is 8. The summed E-state index contributed by atoms with van der Waals surface area (Å²) in [5, 5.41) is 38.6. The van der Waals surface area contributed by atoms with Gasteiger partial charge in [0.2, 0.25) is 0 Å². The summed E-state index contributed by atoms with van der Waals surface area (Å²) in [4.78, 5) is 10.1. The van der Waals surface area contributed by atoms with Crippen LogP contribution in [0.1, 0.15) is 11.7 Å². The van der Waals surface area contributed by atoms with Gasteiger partial charge in [-0.05, 0) is 40.3 Å². The quantitative estimate of drug-likeness (QED) is 0.516. The number of nitro groups is 1. The van der Waals surface area contributed by atoms with E-state index < -0.39 is 11.0 Å². The van der Waals surface area contributed by atoms with E-state index in [1.165, 1.54) is 28.9 Å². The number of nitrogens with zero attached hydrogens (tertiary/aromatic N) is 6. The Morgan fingerprint density at radius 3 is 2.77 bits per heavy atom. The minimum Gasteiger partial charge on any atom is -0.387 e. The fraction of sp³-hybridized carbons (Fsp3) is 0.167. The van der Waals surface area contributed by atoms with Crippen LogP contribution in [0.3, 0.4) is 0 Å². The number of non-ortho nitro benzene ring substituents is 1. The van der Waals surface area contributed by atoms with Crippen LogP contribution in [0.15, 0.2) is 36.4 Å². The SMILES string of the molecule is O=[N+]([O-])c1ccc(C(O)CNc2ccc3nnnn3n2)cc1. The van der Waals surface area contributed by atoms with Crippen molar-refractivity contribution in [1.29, 1.82) is 0 Å². The number of anilines is 1. The summed E-state index contributed by atoms with van der Waals surface area (Å²) >= 11 is 0. The van der Waals surface area contributed by atoms with Gasteiger partial charge in [0.25, 0.3) is 5.69 Å². The lowest BCUT2D eigenvalue weighted by atomic mass is 10.1. The molecule has 3 aromatic rings. The second-order valence-electron chi connectivity index (χ2n) is 4.49. The predicted octanol–water partition coefficient (Wildman–Crippen LogP) is 0.573. The van der Waals surface area contributed by atoms with Gasteiger partial charge in [0.15, 0.2) is 5.65 Å². The summed E-state index contributed by atoms with van der Waals surface area (Å²) in [6.07, 6.45) is -0.827. The van der Waals surface area contributed by atoms with Crippen molar-refractivity contribution in [3.05, 3.63) is 52.1 Å². The van der Waals surface area contributed by atoms with Crippen LogP contribution in [0.2, 0.25) is 0 Å². The molecule has 1 aromatic carbocycles. The van der Waals surface area contributed by atoms with Crippen LogP contribution >= 0.6 is 0 Å². The summed E-state index contributed by atoms with van der Waals surface area (Å²) in [5.74, 6) is 0.501. The standard InChI is InChI=1S/C12H11N7O3/c20-10(8-1-3-9(4-2-8)19(21)22)7-13-11-5-6-12-14-16-17-18(12)15-11/h1-6,10,20H,7H2,(H,13,15). The van der Waals surface area contributed by atoms with E-state index in [1.54, 1.807) is 12.1 Å². The van der Waals surface area contributed by atoms with Gasteiger partial charge in [-0.25, -0.2) is 0 Å². The highest BCUT2D eigenvalue weighted by molar-refractivity contribution is 5.42. The van der Waals surface area contributed by atoms with Crippen molar-refractivity contribution >= 4 is 17.2 Å². The molecule has 2 heterocycles. The van der Waals surface area contributed by atoms with E-state index >= 15 is 0 Å². The second-order valence-corrected chi connectivity index (χ2v) is 4.49. The summed E-state index contributed by atoms with van der Waals surface area (Å²) in [6, 6.07) is 9.11. The highest BCUT2D eigenvalue weighted by atomic mass is 16.6. The molecule has 0 spiro atoms. The Morgan fingerprint density at radius 1 is 1.27 bits per heavy atom. The van der Waals surface area contributed by atoms with Crippen LogP contribution in [0, 0.1) is 10.1 Å². The smallest absolute Gasteiger partial charge is 0.269 e. The third-order valence-corrected chi connectivity index (χ3v) is 3.03. The number of rotatable bonds is 5. The molecule has 0 aliphatic heterocycles. The lowest BCUT2D eigenvalue weighted by molar-refractivity contribution is -0.384. The minimum absolute atomic E-state index is 0.0188. The van der Waals surface area contributed by atoms with E-state index in [0.717, 1.165) is 0 Å². The molecule has 0 radical (unpaired) electrons. The van der Waals surface area contributed by atoms with E-state index in [0.29, 0.717) is 17.0 Å². The molecule has 0 fully saturated rings. The van der Waals surface area contributed by atoms with Gasteiger partial charge in [0, 0.05) is 18.7 Å². The van der Waals surface area contributed by atoms with Gasteiger partial charge in [-0.3, -0.25) is 10.1 Å². The number of nitrogens with one attached hydrogen (secondary N) is 1. The summed E-state index contributed by atoms with van der Waals surface area (Å²) in [5.41, 5.74) is 1.07. The van der Waals surface area contributed by atoms with Gasteiger partial charge < -0.3 is 10.4 Å². The monoisotopic (exact) mass is 301 g/mol. The number of fused-ring (bicyclic) bond motifs is 1. The molecule has 2 N–H and O–H groups in total. The highest BCUT2D eigenvalue weighted by Gasteiger charge is 2.11. The Hall–Kier alpha value is -3.14. The van der Waals surface area contributed by atoms with Crippen molar-refractivity contribution in [2.24, 2.45) is 0 Å². The van der Waals surface area contributed by atoms with E-state index in [2.05, 4.69) is 25.9 Å². The summed E-state index contributed by atoms with van der Waals surface area (Å²) < 4.78 is 1.26. The van der Waals surface area contributed by atoms with Crippen molar-refractivity contribution in [1.82, 2.24) is 25.3 Å². The molecule has 10 heteroatoms. The van der Waals surface area contributed by atoms with Gasteiger partial charge in [-0.1, -0.05) is 0 Å². The zero-order valence-corrected chi connectivity index (χ0v) is 11.2. The molecule has 0 aliphatic rings. The van der Waals surface area contributed by atoms with Crippen molar-refractivity contribution < 1.29 is 10.0 Å². The molecule has 22 heavy (non-hydrogen) atoms. The Labute approximate surface area is 123 Å². The van der Waals surface area contributed by atoms with Crippen LogP contribution < -0.4 is 5.32 Å². The first-order valence-electron chi connectivity index (χ1n) is 6.35. The van der Waals surface area contributed by atoms with Gasteiger partial charge in [-0.15, -0.1) is 14.8 Å². The molecule has 0 amide bonds. The number of hydrogen-bond donors (Lipinski definition) is 2. The summed E-state index contributed by atoms with van der Waals surface area (Å²) in [7, 11) is 0. The first kappa shape index (κ1) is 13.8. The molecular weight excluding hydrogens is 290 g/mol. The Bertz CT molecular complexity index is 802. The zero-order chi connectivity index (χ0) is 15.5. The Kier molecular flexibility index (Phi) is 3.58. The second kappa shape index (κ2) is 5.69. The Morgan fingerprint density at radius 2 is 2.05 bits per heavy atom. The predicted molar refractivity (Wildman–Crippen MR) is 75.1 cm³/mol. The molecule has 1 atom stereocenters. The van der Waals surface area contributed by atoms with Crippen molar-refractivity contribution in [2.75, 3.05) is 11.9 Å². The third kappa shape index (κ3) is 2.81. The molecule has 0 bridgehead atoms. The lowest BCUT2D eigenvalue weighted by Crippen LogP contribution is -2.14. The molecule has 0 aliphatic carbocycles. The highest BCUT2D eigenvalue weighted by Crippen LogP contribution is 2.18. The van der Waals surface area contributed by atoms with Crippen molar-refractivity contribution in [3.63, 3.8) is 0 Å². The van der Waals surface area contributed by atoms with E-state index in [4.69, 9.17) is 0 Å². The number of aromatic nitrogens is 5. The fourth-order valence-electron chi connectivity index (χ4n) is 1.88. The summed E-state index contributed by atoms with van der Waals surface area (Å²) in [6.45, 7) is 0.193. The van der Waals surface area contributed by atoms with Crippen LogP contribution in [-0.4, -0.2) is 41.8 Å². The van der Waals surface area contributed by atoms with E-state index in [1.807, 2.05) is 0 Å². The normalized spacial score (nSPS) is 12.2. The molecule has 2 aromatic heterocycles. The number of benzene rings is 1. The molecule has 10 nitrogen and oxygen atoms in total. The zero-order valence-electron chi connectivity index (χ0n) is 11.2. The van der Waals surface area contributed by atoms with E-state index in [-0.39, 0.29) is 12.2 Å². The third-order valence-electron chi connectivity index (χ3n) is 3.03. The number of tetrazole rings is 1. The van der Waals surface area contributed by atoms with Gasteiger partial charge in [-0.2, -0.15) is 0 Å². The van der Waals surface area contributed by atoms with Crippen LogP contribution in [0.25, 0.3) is 5.65 Å². The van der Waals surface area contributed by atoms with Gasteiger partial charge >= 0.3 is 0 Å². The number of aliphatic hydroxyl groups is 1. The molecule has 3 rings (SSSR count). The van der Waals surface area contributed by atoms with Crippen LogP contribution in [0.4, 0.5) is 11.5 Å². The maximum Gasteiger partial charge on any atom is 0.269 e. The average Bonchev–Trinajstić information content (AvgIpc) is 3.00. The molecule has 0 saturated heterocycles. The Balaban J connectivity index is 1.65. The first-order valence-corrected chi connectivity index (χ1v) is 6.35. The molecule has 112 valence electrons. The first-order chi connectivity index (χ1) is 10.6. The van der Waals surface area contributed by atoms with Crippen LogP contribution in [0.5, 0.6) is 0 Å². The fourth-order valence-corrected chi connectivity index (χ4v) is 1.88. The maximum atomic E-state index is 10.6. The topological polar surface area (TPSA) is 131 Å². The lowest BCUT2D eigenvalue weighted by Gasteiger charge is -2.12. The average molecular weight is 301 g/mol. The molecule has 1 unspecified atom stereocenters. The minimum atomic E-state index is -0.827. The number of aliphatic hydroxyl groups excluding tert-OH is 1. The van der Waals surface area contributed by atoms with Gasteiger partial charge in [0.1, 0.15) is 5.82 Å².